The van der Waals surface area contributed by atoms with Crippen LogP contribution in [0.3, 0.4) is 0 Å². The molecule has 0 N–H and O–H groups in total. The number of rotatable bonds is 6. The Morgan fingerprint density at radius 2 is 1.48 bits per heavy atom. The lowest BCUT2D eigenvalue weighted by Crippen LogP contribution is -2.32. The topological polar surface area (TPSA) is 27.7 Å². The summed E-state index contributed by atoms with van der Waals surface area (Å²) in [5, 5.41) is 0. The quantitative estimate of drug-likeness (QED) is 0.597. The first-order valence-electron chi connectivity index (χ1n) is 6.90. The third-order valence-corrected chi connectivity index (χ3v) is 4.07. The van der Waals surface area contributed by atoms with Crippen LogP contribution in [0.2, 0.25) is 0 Å². The highest BCUT2D eigenvalue weighted by Crippen LogP contribution is 2.38. The summed E-state index contributed by atoms with van der Waals surface area (Å²) in [4.78, 5) is 0. The Balaban J connectivity index is 2.73. The molecule has 1 rings (SSSR count). The van der Waals surface area contributed by atoms with Crippen molar-refractivity contribution in [1.82, 2.24) is 0 Å². The fourth-order valence-electron chi connectivity index (χ4n) is 1.70. The van der Waals surface area contributed by atoms with E-state index in [9.17, 15) is 0 Å². The normalized spacial score (nSPS) is 12.4. The molecule has 0 amide bonds. The third kappa shape index (κ3) is 6.57. The van der Waals surface area contributed by atoms with Crippen molar-refractivity contribution in [1.29, 1.82) is 0 Å². The molecular formula is C16H24Br2O3. The van der Waals surface area contributed by atoms with Gasteiger partial charge in [0.05, 0.1) is 28.3 Å². The van der Waals surface area contributed by atoms with Crippen LogP contribution in [0.15, 0.2) is 21.1 Å². The highest BCUT2D eigenvalue weighted by Gasteiger charge is 2.23. The number of hydrogen-bond acceptors (Lipinski definition) is 3. The van der Waals surface area contributed by atoms with Gasteiger partial charge in [-0.3, -0.25) is 0 Å². The maximum absolute atomic E-state index is 6.12. The molecule has 21 heavy (non-hydrogen) atoms. The molecule has 0 bridgehead atoms. The van der Waals surface area contributed by atoms with Crippen LogP contribution in [0.4, 0.5) is 0 Å². The maximum Gasteiger partial charge on any atom is 0.135 e. The Labute approximate surface area is 144 Å². The first-order chi connectivity index (χ1) is 9.54. The van der Waals surface area contributed by atoms with Gasteiger partial charge in [-0.1, -0.05) is 0 Å². The molecule has 120 valence electrons. The van der Waals surface area contributed by atoms with Crippen LogP contribution in [0, 0.1) is 0 Å². The van der Waals surface area contributed by atoms with E-state index in [1.54, 1.807) is 7.11 Å². The van der Waals surface area contributed by atoms with Gasteiger partial charge in [0.2, 0.25) is 0 Å². The summed E-state index contributed by atoms with van der Waals surface area (Å²) in [6.07, 6.45) is 0.806. The molecule has 0 aliphatic carbocycles. The molecule has 0 aromatic heterocycles. The van der Waals surface area contributed by atoms with E-state index < -0.39 is 0 Å². The first-order valence-corrected chi connectivity index (χ1v) is 8.49. The molecule has 0 aliphatic heterocycles. The summed E-state index contributed by atoms with van der Waals surface area (Å²) in [6, 6.07) is 3.80. The van der Waals surface area contributed by atoms with Gasteiger partial charge in [0.15, 0.2) is 0 Å². The van der Waals surface area contributed by atoms with Gasteiger partial charge in [0.25, 0.3) is 0 Å². The molecule has 0 radical (unpaired) electrons. The van der Waals surface area contributed by atoms with Crippen LogP contribution < -0.4 is 9.47 Å². The van der Waals surface area contributed by atoms with E-state index in [4.69, 9.17) is 14.2 Å². The van der Waals surface area contributed by atoms with Crippen molar-refractivity contribution in [2.75, 3.05) is 13.7 Å². The number of hydrogen-bond donors (Lipinski definition) is 0. The first kappa shape index (κ1) is 18.8. The van der Waals surface area contributed by atoms with E-state index in [2.05, 4.69) is 66.5 Å². The fourth-order valence-corrected chi connectivity index (χ4v) is 2.58. The molecule has 1 aromatic carbocycles. The minimum Gasteiger partial charge on any atom is -0.496 e. The van der Waals surface area contributed by atoms with Gasteiger partial charge in [-0.05, 0) is 78.6 Å². The fraction of sp³-hybridized carbons (Fsp3) is 0.625. The third-order valence-electron chi connectivity index (χ3n) is 2.83. The van der Waals surface area contributed by atoms with Crippen molar-refractivity contribution in [3.63, 3.8) is 0 Å². The highest BCUT2D eigenvalue weighted by molar-refractivity contribution is 9.11. The van der Waals surface area contributed by atoms with E-state index >= 15 is 0 Å². The van der Waals surface area contributed by atoms with Gasteiger partial charge in [-0.15, -0.1) is 0 Å². The zero-order chi connectivity index (χ0) is 16.3. The number of halogens is 2. The number of methoxy groups -OCH3 is 1. The minimum absolute atomic E-state index is 0.125. The van der Waals surface area contributed by atoms with Crippen molar-refractivity contribution >= 4 is 31.9 Å². The second-order valence-corrected chi connectivity index (χ2v) is 8.20. The van der Waals surface area contributed by atoms with Crippen LogP contribution >= 0.6 is 31.9 Å². The van der Waals surface area contributed by atoms with Gasteiger partial charge in [0.1, 0.15) is 17.1 Å². The highest BCUT2D eigenvalue weighted by atomic mass is 79.9. The molecule has 0 aliphatic rings. The zero-order valence-electron chi connectivity index (χ0n) is 13.5. The van der Waals surface area contributed by atoms with E-state index in [0.717, 1.165) is 26.9 Å². The van der Waals surface area contributed by atoms with Crippen molar-refractivity contribution in [2.45, 2.75) is 52.2 Å². The van der Waals surface area contributed by atoms with Crippen LogP contribution in [0.25, 0.3) is 0 Å². The Kier molecular flexibility index (Phi) is 6.56. The Morgan fingerprint density at radius 1 is 0.952 bits per heavy atom. The maximum atomic E-state index is 6.12. The molecule has 0 heterocycles. The van der Waals surface area contributed by atoms with Gasteiger partial charge >= 0.3 is 0 Å². The summed E-state index contributed by atoms with van der Waals surface area (Å²) < 4.78 is 18.9. The van der Waals surface area contributed by atoms with E-state index in [1.807, 2.05) is 12.1 Å². The zero-order valence-corrected chi connectivity index (χ0v) is 16.7. The standard InChI is InChI=1S/C16H24Br2O3/c1-15(2,3)20-8-7-16(4,5)21-14-10-11(17)13(19-6)9-12(14)18/h9-10H,7-8H2,1-6H3. The molecular weight excluding hydrogens is 400 g/mol. The van der Waals surface area contributed by atoms with E-state index in [-0.39, 0.29) is 11.2 Å². The number of benzene rings is 1. The van der Waals surface area contributed by atoms with Gasteiger partial charge in [-0.2, -0.15) is 0 Å². The smallest absolute Gasteiger partial charge is 0.135 e. The molecule has 5 heteroatoms. The minimum atomic E-state index is -0.318. The van der Waals surface area contributed by atoms with Crippen LogP contribution in [0.1, 0.15) is 41.0 Å². The lowest BCUT2D eigenvalue weighted by Gasteiger charge is -2.29. The monoisotopic (exact) mass is 422 g/mol. The molecule has 1 aromatic rings. The summed E-state index contributed by atoms with van der Waals surface area (Å²) in [5.41, 5.74) is -0.443. The van der Waals surface area contributed by atoms with Crippen molar-refractivity contribution in [3.05, 3.63) is 21.1 Å². The summed E-state index contributed by atoms with van der Waals surface area (Å²) in [5.74, 6) is 1.55. The van der Waals surface area contributed by atoms with Crippen LogP contribution in [0.5, 0.6) is 11.5 Å². The second-order valence-electron chi connectivity index (χ2n) is 6.49. The van der Waals surface area contributed by atoms with Gasteiger partial charge < -0.3 is 14.2 Å². The Hall–Kier alpha value is -0.260. The molecule has 0 spiro atoms. The lowest BCUT2D eigenvalue weighted by atomic mass is 10.1. The molecule has 3 nitrogen and oxygen atoms in total. The predicted octanol–water partition coefficient (Wildman–Crippen LogP) is 5.58. The summed E-state index contributed by atoms with van der Waals surface area (Å²) in [6.45, 7) is 10.9. The van der Waals surface area contributed by atoms with Crippen molar-refractivity contribution in [3.8, 4) is 11.5 Å². The van der Waals surface area contributed by atoms with Gasteiger partial charge in [0, 0.05) is 6.42 Å². The average molecular weight is 424 g/mol. The van der Waals surface area contributed by atoms with Crippen LogP contribution in [-0.2, 0) is 4.74 Å². The molecule has 0 saturated carbocycles. The Bertz CT molecular complexity index is 479. The lowest BCUT2D eigenvalue weighted by molar-refractivity contribution is -0.0294. The molecule has 0 atom stereocenters. The second kappa shape index (κ2) is 7.34. The molecule has 0 fully saturated rings. The largest absolute Gasteiger partial charge is 0.496 e. The average Bonchev–Trinajstić information content (AvgIpc) is 2.31. The van der Waals surface area contributed by atoms with Crippen molar-refractivity contribution in [2.24, 2.45) is 0 Å². The van der Waals surface area contributed by atoms with E-state index in [0.29, 0.717) is 6.61 Å². The van der Waals surface area contributed by atoms with E-state index in [1.165, 1.54) is 0 Å². The van der Waals surface area contributed by atoms with Crippen LogP contribution in [-0.4, -0.2) is 24.9 Å². The summed E-state index contributed by atoms with van der Waals surface area (Å²) >= 11 is 6.99. The summed E-state index contributed by atoms with van der Waals surface area (Å²) in [7, 11) is 1.64. The number of ether oxygens (including phenoxy) is 3. The van der Waals surface area contributed by atoms with Gasteiger partial charge in [-0.25, -0.2) is 0 Å². The predicted molar refractivity (Wildman–Crippen MR) is 93.4 cm³/mol. The SMILES string of the molecule is COc1cc(Br)c(OC(C)(C)CCOC(C)(C)C)cc1Br. The molecule has 0 unspecified atom stereocenters. The van der Waals surface area contributed by atoms with Crippen molar-refractivity contribution < 1.29 is 14.2 Å². The Morgan fingerprint density at radius 3 is 2.00 bits per heavy atom. The molecule has 0 saturated heterocycles.